The number of aryl methyl sites for hydroxylation is 1. The second-order valence-electron chi connectivity index (χ2n) is 8.69. The zero-order valence-corrected chi connectivity index (χ0v) is 23.9. The van der Waals surface area contributed by atoms with E-state index in [-0.39, 0.29) is 38.7 Å². The van der Waals surface area contributed by atoms with E-state index in [1.807, 2.05) is 0 Å². The van der Waals surface area contributed by atoms with Crippen LogP contribution in [0.15, 0.2) is 58.6 Å². The first-order valence-electron chi connectivity index (χ1n) is 12.5. The number of alkyl halides is 3. The van der Waals surface area contributed by atoms with E-state index in [4.69, 9.17) is 0 Å². The number of aromatic nitrogens is 3. The Morgan fingerprint density at radius 3 is 2.33 bits per heavy atom. The first-order chi connectivity index (χ1) is 18.9. The Kier molecular flexibility index (Phi) is 10.5. The standard InChI is InChI=1S/C26H30F3N5O4S2/c1-4-33(5-2)40(37,38)22-13-11-19(12-14-22)23(36)17-39-25-32-31-24(10-7-15-30-18(3)35)34(25)21-9-6-8-20(16-21)26(27,28)29/h6,8-9,11-14,16H,4-5,7,10,15,17H2,1-3H3,(H,30,35). The number of benzene rings is 2. The summed E-state index contributed by atoms with van der Waals surface area (Å²) in [6, 6.07) is 10.4. The molecule has 9 nitrogen and oxygen atoms in total. The number of carbonyl (C=O) groups excluding carboxylic acids is 2. The number of nitrogens with one attached hydrogen (secondary N) is 1. The minimum Gasteiger partial charge on any atom is -0.356 e. The molecule has 0 radical (unpaired) electrons. The second kappa shape index (κ2) is 13.4. The van der Waals surface area contributed by atoms with Crippen LogP contribution < -0.4 is 5.32 Å². The number of carbonyl (C=O) groups is 2. The number of nitrogens with zero attached hydrogens (tertiary/aromatic N) is 4. The van der Waals surface area contributed by atoms with Crippen molar-refractivity contribution in [3.63, 3.8) is 0 Å². The van der Waals surface area contributed by atoms with Crippen molar-refractivity contribution in [3.8, 4) is 5.69 Å². The third kappa shape index (κ3) is 7.70. The molecular formula is C26H30F3N5O4S2. The second-order valence-corrected chi connectivity index (χ2v) is 11.6. The number of ketones is 1. The molecule has 14 heteroatoms. The molecule has 2 aromatic carbocycles. The molecule has 3 aromatic rings. The van der Waals surface area contributed by atoms with Gasteiger partial charge in [-0.15, -0.1) is 10.2 Å². The Morgan fingerprint density at radius 1 is 1.05 bits per heavy atom. The summed E-state index contributed by atoms with van der Waals surface area (Å²) in [6.45, 7) is 5.85. The first-order valence-corrected chi connectivity index (χ1v) is 14.9. The molecule has 1 N–H and O–H groups in total. The van der Waals surface area contributed by atoms with Crippen molar-refractivity contribution in [2.75, 3.05) is 25.4 Å². The van der Waals surface area contributed by atoms with Crippen LogP contribution in [0, 0.1) is 0 Å². The van der Waals surface area contributed by atoms with Crippen molar-refractivity contribution in [3.05, 3.63) is 65.5 Å². The van der Waals surface area contributed by atoms with Gasteiger partial charge in [-0.05, 0) is 36.8 Å². The van der Waals surface area contributed by atoms with E-state index >= 15 is 0 Å². The average Bonchev–Trinajstić information content (AvgIpc) is 3.32. The number of thioether (sulfide) groups is 1. The number of amides is 1. The highest BCUT2D eigenvalue weighted by Crippen LogP contribution is 2.32. The van der Waals surface area contributed by atoms with Gasteiger partial charge in [0.25, 0.3) is 0 Å². The molecule has 1 amide bonds. The summed E-state index contributed by atoms with van der Waals surface area (Å²) in [4.78, 5) is 24.1. The minimum atomic E-state index is -4.55. The van der Waals surface area contributed by atoms with Gasteiger partial charge in [0, 0.05) is 44.2 Å². The monoisotopic (exact) mass is 597 g/mol. The number of halogens is 3. The smallest absolute Gasteiger partial charge is 0.356 e. The fourth-order valence-electron chi connectivity index (χ4n) is 3.89. The summed E-state index contributed by atoms with van der Waals surface area (Å²) in [5.41, 5.74) is -0.364. The molecule has 216 valence electrons. The highest BCUT2D eigenvalue weighted by atomic mass is 32.2. The van der Waals surface area contributed by atoms with Crippen molar-refractivity contribution >= 4 is 33.5 Å². The van der Waals surface area contributed by atoms with Crippen LogP contribution in [0.25, 0.3) is 5.69 Å². The van der Waals surface area contributed by atoms with Crippen molar-refractivity contribution in [2.45, 2.75) is 49.8 Å². The molecule has 3 rings (SSSR count). The van der Waals surface area contributed by atoms with E-state index in [1.165, 1.54) is 52.2 Å². The van der Waals surface area contributed by atoms with E-state index in [1.54, 1.807) is 13.8 Å². The normalized spacial score (nSPS) is 12.1. The Labute approximate surface area is 235 Å². The Balaban J connectivity index is 1.83. The quantitative estimate of drug-likeness (QED) is 0.177. The maximum atomic E-state index is 13.4. The molecule has 0 spiro atoms. The molecule has 0 fully saturated rings. The predicted octanol–water partition coefficient (Wildman–Crippen LogP) is 4.36. The van der Waals surface area contributed by atoms with Gasteiger partial charge in [0.2, 0.25) is 15.9 Å². The van der Waals surface area contributed by atoms with Crippen molar-refractivity contribution < 1.29 is 31.2 Å². The van der Waals surface area contributed by atoms with Gasteiger partial charge >= 0.3 is 6.18 Å². The Morgan fingerprint density at radius 2 is 1.73 bits per heavy atom. The van der Waals surface area contributed by atoms with Gasteiger partial charge in [0.15, 0.2) is 10.9 Å². The molecule has 0 aliphatic heterocycles. The Hall–Kier alpha value is -3.23. The largest absolute Gasteiger partial charge is 0.416 e. The third-order valence-electron chi connectivity index (χ3n) is 5.94. The number of Topliss-reactive ketones (excluding diaryl/α,β-unsaturated/α-hetero) is 1. The van der Waals surface area contributed by atoms with Crippen LogP contribution in [0.4, 0.5) is 13.2 Å². The molecular weight excluding hydrogens is 567 g/mol. The summed E-state index contributed by atoms with van der Waals surface area (Å²) in [5, 5.41) is 11.1. The van der Waals surface area contributed by atoms with Gasteiger partial charge in [-0.2, -0.15) is 17.5 Å². The Bertz CT molecular complexity index is 1440. The highest BCUT2D eigenvalue weighted by Gasteiger charge is 2.31. The van der Waals surface area contributed by atoms with E-state index in [2.05, 4.69) is 15.5 Å². The summed E-state index contributed by atoms with van der Waals surface area (Å²) in [6.07, 6.45) is -3.76. The van der Waals surface area contributed by atoms with Gasteiger partial charge in [0.05, 0.1) is 16.2 Å². The summed E-state index contributed by atoms with van der Waals surface area (Å²) in [5.74, 6) is -0.244. The molecule has 0 atom stereocenters. The van der Waals surface area contributed by atoms with Gasteiger partial charge in [0.1, 0.15) is 5.82 Å². The van der Waals surface area contributed by atoms with Crippen LogP contribution in [0.1, 0.15) is 48.9 Å². The van der Waals surface area contributed by atoms with E-state index in [0.717, 1.165) is 23.9 Å². The third-order valence-corrected chi connectivity index (χ3v) is 8.93. The van der Waals surface area contributed by atoms with Crippen molar-refractivity contribution in [1.82, 2.24) is 24.4 Å². The molecule has 1 heterocycles. The van der Waals surface area contributed by atoms with Crippen molar-refractivity contribution in [1.29, 1.82) is 0 Å². The predicted molar refractivity (Wildman–Crippen MR) is 145 cm³/mol. The number of hydrogen-bond acceptors (Lipinski definition) is 7. The van der Waals surface area contributed by atoms with E-state index < -0.39 is 21.8 Å². The molecule has 0 aliphatic rings. The first kappa shape index (κ1) is 31.3. The summed E-state index contributed by atoms with van der Waals surface area (Å²) >= 11 is 1.01. The van der Waals surface area contributed by atoms with Crippen LogP contribution in [0.3, 0.4) is 0 Å². The number of sulfonamides is 1. The molecule has 40 heavy (non-hydrogen) atoms. The van der Waals surface area contributed by atoms with Crippen LogP contribution >= 0.6 is 11.8 Å². The topological polar surface area (TPSA) is 114 Å². The SMILES string of the molecule is CCN(CC)S(=O)(=O)c1ccc(C(=O)CSc2nnc(CCCNC(C)=O)n2-c2cccc(C(F)(F)F)c2)cc1. The molecule has 0 bridgehead atoms. The van der Waals surface area contributed by atoms with E-state index in [0.29, 0.717) is 38.3 Å². The maximum Gasteiger partial charge on any atom is 0.416 e. The van der Waals surface area contributed by atoms with Gasteiger partial charge < -0.3 is 5.32 Å². The van der Waals surface area contributed by atoms with Gasteiger partial charge in [-0.1, -0.05) is 43.8 Å². The number of rotatable bonds is 13. The fraction of sp³-hybridized carbons (Fsp3) is 0.385. The minimum absolute atomic E-state index is 0.0774. The lowest BCUT2D eigenvalue weighted by Crippen LogP contribution is -2.30. The lowest BCUT2D eigenvalue weighted by atomic mass is 10.1. The maximum absolute atomic E-state index is 13.4. The zero-order valence-electron chi connectivity index (χ0n) is 22.2. The fourth-order valence-corrected chi connectivity index (χ4v) is 6.21. The van der Waals surface area contributed by atoms with Crippen LogP contribution in [-0.4, -0.2) is 64.6 Å². The van der Waals surface area contributed by atoms with Crippen molar-refractivity contribution in [2.24, 2.45) is 0 Å². The number of hydrogen-bond donors (Lipinski definition) is 1. The molecule has 0 unspecified atom stereocenters. The lowest BCUT2D eigenvalue weighted by molar-refractivity contribution is -0.137. The highest BCUT2D eigenvalue weighted by molar-refractivity contribution is 7.99. The lowest BCUT2D eigenvalue weighted by Gasteiger charge is -2.18. The summed E-state index contributed by atoms with van der Waals surface area (Å²) < 4.78 is 68.4. The zero-order chi connectivity index (χ0) is 29.5. The molecule has 0 aliphatic carbocycles. The van der Waals surface area contributed by atoms with Crippen LogP contribution in [-0.2, 0) is 27.4 Å². The van der Waals surface area contributed by atoms with Gasteiger partial charge in [-0.3, -0.25) is 14.2 Å². The van der Waals surface area contributed by atoms with Crippen LogP contribution in [0.5, 0.6) is 0 Å². The van der Waals surface area contributed by atoms with Crippen LogP contribution in [0.2, 0.25) is 0 Å². The van der Waals surface area contributed by atoms with Gasteiger partial charge in [-0.25, -0.2) is 8.42 Å². The average molecular weight is 598 g/mol. The summed E-state index contributed by atoms with van der Waals surface area (Å²) in [7, 11) is -3.67. The molecule has 0 saturated heterocycles. The molecule has 0 saturated carbocycles. The van der Waals surface area contributed by atoms with E-state index in [9.17, 15) is 31.2 Å². The molecule has 1 aromatic heterocycles.